The van der Waals surface area contributed by atoms with Crippen LogP contribution in [0.4, 0.5) is 0 Å². The summed E-state index contributed by atoms with van der Waals surface area (Å²) in [7, 11) is 0. The molecule has 0 saturated carbocycles. The van der Waals surface area contributed by atoms with Gasteiger partial charge in [0.15, 0.2) is 0 Å². The third-order valence-electron chi connectivity index (χ3n) is 2.07. The molecule has 2 aromatic rings. The summed E-state index contributed by atoms with van der Waals surface area (Å²) < 4.78 is 0. The second-order valence-electron chi connectivity index (χ2n) is 3.15. The first-order valence-corrected chi connectivity index (χ1v) is 4.73. The summed E-state index contributed by atoms with van der Waals surface area (Å²) in [4.78, 5) is 0. The maximum absolute atomic E-state index is 2.12. The molecule has 0 aliphatic rings. The van der Waals surface area contributed by atoms with Gasteiger partial charge in [0, 0.05) is 16.8 Å². The fourth-order valence-electron chi connectivity index (χ4n) is 1.32. The number of rotatable bonds is 3. The van der Waals surface area contributed by atoms with Gasteiger partial charge in [-0.25, -0.2) is 24.0 Å². The molecule has 2 rings (SSSR count). The molecule has 0 atom stereocenters. The molecule has 22 heavy (non-hydrogen) atoms. The molecule has 0 saturated heterocycles. The fourth-order valence-corrected chi connectivity index (χ4v) is 1.32. The van der Waals surface area contributed by atoms with E-state index in [4.69, 9.17) is 0 Å². The van der Waals surface area contributed by atoms with Gasteiger partial charge in [-0.05, 0) is 0 Å². The Balaban J connectivity index is -0.0000000562. The van der Waals surface area contributed by atoms with E-state index in [-0.39, 0.29) is 78.1 Å². The minimum atomic E-state index is 0. The van der Waals surface area contributed by atoms with E-state index in [0.29, 0.717) is 0 Å². The first kappa shape index (κ1) is 42.9. The molecule has 133 valence electrons. The minimum Gasteiger partial charge on any atom is -0.358 e. The van der Waals surface area contributed by atoms with Crippen LogP contribution in [0.5, 0.6) is 0 Å². The largest absolute Gasteiger partial charge is 3.00 e. The summed E-state index contributed by atoms with van der Waals surface area (Å²) in [5, 5.41) is 0. The van der Waals surface area contributed by atoms with Gasteiger partial charge in [-0.3, -0.25) is 0 Å². The van der Waals surface area contributed by atoms with Crippen LogP contribution < -0.4 is 0 Å². The average Bonchev–Trinajstić information content (AvgIpc) is 2.29. The van der Waals surface area contributed by atoms with Crippen molar-refractivity contribution in [1.82, 2.24) is 0 Å². The topological polar surface area (TPSA) is 0 Å². The number of hydrogen-bond acceptors (Lipinski definition) is 0. The fraction of sp³-hybridized carbons (Fsp3) is 0. The molecule has 0 aliphatic carbocycles. The predicted octanol–water partition coefficient (Wildman–Crippen LogP) is 6.19. The Labute approximate surface area is 162 Å². The molecule has 0 spiro atoms. The Hall–Kier alpha value is -0.807. The zero-order valence-corrected chi connectivity index (χ0v) is 16.7. The zero-order valence-electron chi connectivity index (χ0n) is 14.6. The second-order valence-corrected chi connectivity index (χ2v) is 3.15. The molecule has 2 aromatic carbocycles. The summed E-state index contributed by atoms with van der Waals surface area (Å²) in [6.07, 6.45) is 4.24. The number of benzene rings is 2. The Bertz CT molecular complexity index is 332. The molecular formula is C20H30Co2-5. The van der Waals surface area contributed by atoms with E-state index < -0.39 is 0 Å². The van der Waals surface area contributed by atoms with Crippen molar-refractivity contribution in [2.45, 2.75) is 0 Å². The second kappa shape index (κ2) is 25.2. The van der Waals surface area contributed by atoms with E-state index in [1.807, 2.05) is 36.4 Å². The monoisotopic (exact) mass is 388 g/mol. The van der Waals surface area contributed by atoms with Gasteiger partial charge in [-0.15, -0.1) is 24.3 Å². The maximum Gasteiger partial charge on any atom is 3.00 e. The van der Waals surface area contributed by atoms with Gasteiger partial charge in [-0.2, -0.15) is 24.3 Å². The molecule has 0 bridgehead atoms. The smallest absolute Gasteiger partial charge is 0.358 e. The quantitative estimate of drug-likeness (QED) is 0.550. The Morgan fingerprint density at radius 2 is 0.682 bits per heavy atom. The van der Waals surface area contributed by atoms with Gasteiger partial charge in [0.25, 0.3) is 0 Å². The molecule has 0 nitrogen and oxygen atoms in total. The van der Waals surface area contributed by atoms with Crippen LogP contribution in [-0.2, 0) is 33.6 Å². The first-order valence-electron chi connectivity index (χ1n) is 4.73. The van der Waals surface area contributed by atoms with Crippen molar-refractivity contribution >= 4 is 0 Å². The molecule has 1 radical (unpaired) electrons. The third kappa shape index (κ3) is 15.6. The first-order chi connectivity index (χ1) is 6.95. The van der Waals surface area contributed by atoms with Gasteiger partial charge in [0.1, 0.15) is 0 Å². The number of hydrogen-bond donors (Lipinski definition) is 0. The summed E-state index contributed by atoms with van der Waals surface area (Å²) >= 11 is 0. The van der Waals surface area contributed by atoms with Crippen molar-refractivity contribution in [3.05, 3.63) is 129 Å². The molecule has 0 unspecified atom stereocenters. The summed E-state index contributed by atoms with van der Waals surface area (Å²) in [5.74, 6) is 0. The van der Waals surface area contributed by atoms with Gasteiger partial charge < -0.3 is 44.6 Å². The van der Waals surface area contributed by atoms with Crippen molar-refractivity contribution in [3.8, 4) is 0 Å². The van der Waals surface area contributed by atoms with Crippen LogP contribution >= 0.6 is 0 Å². The van der Waals surface area contributed by atoms with E-state index in [2.05, 4.69) is 37.1 Å². The van der Waals surface area contributed by atoms with Gasteiger partial charge in [-0.1, -0.05) is 12.1 Å². The van der Waals surface area contributed by atoms with Crippen LogP contribution in [0.25, 0.3) is 0 Å². The van der Waals surface area contributed by atoms with Crippen LogP contribution in [0.1, 0.15) is 11.1 Å². The molecule has 0 aromatic heterocycles. The summed E-state index contributed by atoms with van der Waals surface area (Å²) in [6, 6.07) is 20.6. The Kier molecular flexibility index (Phi) is 49.1. The van der Waals surface area contributed by atoms with Crippen LogP contribution in [0.2, 0.25) is 0 Å². The third-order valence-corrected chi connectivity index (χ3v) is 2.07. The van der Waals surface area contributed by atoms with Crippen molar-refractivity contribution in [2.75, 3.05) is 0 Å². The Morgan fingerprint density at radius 3 is 0.909 bits per heavy atom. The van der Waals surface area contributed by atoms with Gasteiger partial charge >= 0.3 is 16.8 Å². The standard InChI is InChI=1S/C14H12.6CH3.2Co/c1-3-7-13(8-4-1)11-12-14-9-5-2-6-10-14;;;;;;;;/h1-12H;6*1H3;;/q-2;6*-1;;+3. The van der Waals surface area contributed by atoms with Crippen LogP contribution in [0, 0.1) is 57.4 Å². The maximum atomic E-state index is 2.12. The van der Waals surface area contributed by atoms with Gasteiger partial charge in [0.05, 0.1) is 0 Å². The van der Waals surface area contributed by atoms with Crippen LogP contribution in [-0.4, -0.2) is 0 Å². The normalized spacial score (nSPS) is 6.00. The van der Waals surface area contributed by atoms with Crippen LogP contribution in [0.3, 0.4) is 0 Å². The SMILES string of the molecule is [CH3-].[CH3-].[CH3-].[CH3-].[CH3-].[CH3-].[Co+3].[Co].c1ccc([CH-][CH-]c2ccccc2)cc1. The van der Waals surface area contributed by atoms with Crippen molar-refractivity contribution in [1.29, 1.82) is 0 Å². The molecule has 0 fully saturated rings. The molecule has 0 aliphatic heterocycles. The molecule has 2 heteroatoms. The van der Waals surface area contributed by atoms with E-state index in [1.165, 1.54) is 11.1 Å². The van der Waals surface area contributed by atoms with Crippen LogP contribution in [0.15, 0.2) is 60.7 Å². The average molecular weight is 388 g/mol. The van der Waals surface area contributed by atoms with Crippen molar-refractivity contribution in [3.63, 3.8) is 0 Å². The minimum absolute atomic E-state index is 0. The van der Waals surface area contributed by atoms with Gasteiger partial charge in [0.2, 0.25) is 0 Å². The molecular weight excluding hydrogens is 358 g/mol. The Morgan fingerprint density at radius 1 is 0.455 bits per heavy atom. The predicted molar refractivity (Wildman–Crippen MR) is 98.2 cm³/mol. The summed E-state index contributed by atoms with van der Waals surface area (Å²) in [6.45, 7) is 0. The van der Waals surface area contributed by atoms with E-state index >= 15 is 0 Å². The van der Waals surface area contributed by atoms with Crippen molar-refractivity contribution in [2.24, 2.45) is 0 Å². The molecule has 0 heterocycles. The van der Waals surface area contributed by atoms with E-state index in [0.717, 1.165) is 0 Å². The van der Waals surface area contributed by atoms with Crippen molar-refractivity contribution < 1.29 is 33.6 Å². The molecule has 0 amide bonds. The molecule has 0 N–H and O–H groups in total. The summed E-state index contributed by atoms with van der Waals surface area (Å²) in [5.41, 5.74) is 2.47. The zero-order chi connectivity index (χ0) is 9.64. The van der Waals surface area contributed by atoms with E-state index in [1.54, 1.807) is 0 Å². The van der Waals surface area contributed by atoms with E-state index in [9.17, 15) is 0 Å².